The third-order valence-electron chi connectivity index (χ3n) is 4.89. The normalized spacial score (nSPS) is 22.0. The highest BCUT2D eigenvalue weighted by Gasteiger charge is 2.32. The lowest BCUT2D eigenvalue weighted by atomic mass is 10.1. The highest BCUT2D eigenvalue weighted by molar-refractivity contribution is 7.91. The van der Waals surface area contributed by atoms with Gasteiger partial charge >= 0.3 is 0 Å². The second-order valence-electron chi connectivity index (χ2n) is 6.82. The summed E-state index contributed by atoms with van der Waals surface area (Å²) in [6, 6.07) is 6.76. The Bertz CT molecular complexity index is 1120. The molecular weight excluding hydrogens is 384 g/mol. The summed E-state index contributed by atoms with van der Waals surface area (Å²) in [4.78, 5) is 14.2. The molecule has 4 heterocycles. The third kappa shape index (κ3) is 3.50. The van der Waals surface area contributed by atoms with Gasteiger partial charge in [0.25, 0.3) is 5.91 Å². The van der Waals surface area contributed by atoms with Gasteiger partial charge in [0.1, 0.15) is 0 Å². The van der Waals surface area contributed by atoms with Gasteiger partial charge in [-0.25, -0.2) is 12.9 Å². The number of carbonyl (C=O) groups is 1. The smallest absolute Gasteiger partial charge is 0.261 e. The van der Waals surface area contributed by atoms with Crippen molar-refractivity contribution in [2.75, 3.05) is 11.5 Å². The third-order valence-corrected chi connectivity index (χ3v) is 7.66. The van der Waals surface area contributed by atoms with Gasteiger partial charge in [-0.15, -0.1) is 11.3 Å². The van der Waals surface area contributed by atoms with E-state index in [1.807, 2.05) is 37.4 Å². The molecule has 0 spiro atoms. The SMILES string of the molecule is Cc1sc(C(=O)N[C@@H]2CS(=O)(=O)CC[C@@H]2N)cc1-c1cnn2ccccc12. The number of nitrogens with zero attached hydrogens (tertiary/aromatic N) is 2. The van der Waals surface area contributed by atoms with Gasteiger partial charge in [-0.05, 0) is 37.1 Å². The van der Waals surface area contributed by atoms with Gasteiger partial charge in [0, 0.05) is 22.7 Å². The van der Waals surface area contributed by atoms with Gasteiger partial charge in [0.05, 0.1) is 34.1 Å². The van der Waals surface area contributed by atoms with Crippen LogP contribution in [0.2, 0.25) is 0 Å². The minimum absolute atomic E-state index is 0.0809. The van der Waals surface area contributed by atoms with Crippen LogP contribution in [0.15, 0.2) is 36.7 Å². The number of aryl methyl sites for hydroxylation is 1. The Morgan fingerprint density at radius 3 is 3.00 bits per heavy atom. The van der Waals surface area contributed by atoms with Crippen LogP contribution < -0.4 is 11.1 Å². The second kappa shape index (κ2) is 6.74. The molecule has 0 saturated carbocycles. The molecule has 1 fully saturated rings. The van der Waals surface area contributed by atoms with Crippen molar-refractivity contribution in [2.45, 2.75) is 25.4 Å². The van der Waals surface area contributed by atoms with Crippen LogP contribution in [-0.2, 0) is 9.84 Å². The summed E-state index contributed by atoms with van der Waals surface area (Å²) >= 11 is 1.38. The lowest BCUT2D eigenvalue weighted by Gasteiger charge is -2.28. The van der Waals surface area contributed by atoms with Crippen LogP contribution in [0.25, 0.3) is 16.6 Å². The van der Waals surface area contributed by atoms with Crippen molar-refractivity contribution < 1.29 is 13.2 Å². The average Bonchev–Trinajstić information content (AvgIpc) is 3.21. The van der Waals surface area contributed by atoms with E-state index in [0.29, 0.717) is 11.3 Å². The van der Waals surface area contributed by atoms with Crippen molar-refractivity contribution in [1.29, 1.82) is 0 Å². The quantitative estimate of drug-likeness (QED) is 0.690. The van der Waals surface area contributed by atoms with E-state index in [4.69, 9.17) is 5.73 Å². The molecule has 0 unspecified atom stereocenters. The standard InChI is InChI=1S/C18H20N4O3S2/c1-11-12(13-9-20-22-6-3-2-4-16(13)22)8-17(26-11)18(23)21-15-10-27(24,25)7-5-14(15)19/h2-4,6,8-9,14-15H,5,7,10,19H2,1H3,(H,21,23)/t14-,15+/m0/s1. The Kier molecular flexibility index (Phi) is 4.53. The Morgan fingerprint density at radius 1 is 1.37 bits per heavy atom. The molecule has 4 rings (SSSR count). The highest BCUT2D eigenvalue weighted by atomic mass is 32.2. The Hall–Kier alpha value is -2.23. The predicted octanol–water partition coefficient (Wildman–Crippen LogP) is 1.62. The molecule has 3 aromatic heterocycles. The number of amides is 1. The van der Waals surface area contributed by atoms with Crippen molar-refractivity contribution in [3.63, 3.8) is 0 Å². The van der Waals surface area contributed by atoms with Crippen LogP contribution in [0.4, 0.5) is 0 Å². The molecule has 0 aromatic carbocycles. The zero-order valence-corrected chi connectivity index (χ0v) is 16.4. The summed E-state index contributed by atoms with van der Waals surface area (Å²) in [7, 11) is -3.16. The summed E-state index contributed by atoms with van der Waals surface area (Å²) in [5.41, 5.74) is 8.89. The molecule has 0 bridgehead atoms. The first-order valence-corrected chi connectivity index (χ1v) is 11.3. The van der Waals surface area contributed by atoms with Gasteiger partial charge < -0.3 is 11.1 Å². The molecule has 1 amide bonds. The molecule has 1 aliphatic heterocycles. The van der Waals surface area contributed by atoms with Crippen LogP contribution in [0.5, 0.6) is 0 Å². The van der Waals surface area contributed by atoms with Gasteiger partial charge in [-0.2, -0.15) is 5.10 Å². The van der Waals surface area contributed by atoms with Crippen LogP contribution in [0, 0.1) is 6.92 Å². The first-order chi connectivity index (χ1) is 12.8. The van der Waals surface area contributed by atoms with Gasteiger partial charge in [0.15, 0.2) is 9.84 Å². The van der Waals surface area contributed by atoms with Crippen molar-refractivity contribution in [1.82, 2.24) is 14.9 Å². The largest absolute Gasteiger partial charge is 0.346 e. The minimum atomic E-state index is -3.16. The minimum Gasteiger partial charge on any atom is -0.346 e. The maximum atomic E-state index is 12.7. The number of nitrogens with one attached hydrogen (secondary N) is 1. The zero-order chi connectivity index (χ0) is 19.2. The molecule has 1 saturated heterocycles. The van der Waals surface area contributed by atoms with Crippen molar-refractivity contribution in [3.05, 3.63) is 46.4 Å². The first kappa shape index (κ1) is 18.1. The van der Waals surface area contributed by atoms with Crippen LogP contribution >= 0.6 is 11.3 Å². The van der Waals surface area contributed by atoms with Crippen LogP contribution in [-0.4, -0.2) is 47.5 Å². The number of pyridine rings is 1. The number of thiophene rings is 1. The molecule has 7 nitrogen and oxygen atoms in total. The fraction of sp³-hybridized carbons (Fsp3) is 0.333. The fourth-order valence-electron chi connectivity index (χ4n) is 3.39. The van der Waals surface area contributed by atoms with Crippen molar-refractivity contribution >= 4 is 32.6 Å². The van der Waals surface area contributed by atoms with E-state index in [1.165, 1.54) is 11.3 Å². The molecule has 142 valence electrons. The molecule has 3 aromatic rings. The molecule has 9 heteroatoms. The van der Waals surface area contributed by atoms with E-state index in [1.54, 1.807) is 10.7 Å². The molecule has 3 N–H and O–H groups in total. The topological polar surface area (TPSA) is 107 Å². The number of nitrogens with two attached hydrogens (primary N) is 1. The van der Waals surface area contributed by atoms with Crippen molar-refractivity contribution in [3.8, 4) is 11.1 Å². The van der Waals surface area contributed by atoms with E-state index in [0.717, 1.165) is 21.5 Å². The van der Waals surface area contributed by atoms with Crippen molar-refractivity contribution in [2.24, 2.45) is 5.73 Å². The van der Waals surface area contributed by atoms with E-state index in [-0.39, 0.29) is 23.5 Å². The molecule has 1 aliphatic rings. The lowest BCUT2D eigenvalue weighted by molar-refractivity contribution is 0.0938. The predicted molar refractivity (Wildman–Crippen MR) is 106 cm³/mol. The molecule has 27 heavy (non-hydrogen) atoms. The number of fused-ring (bicyclic) bond motifs is 1. The summed E-state index contributed by atoms with van der Waals surface area (Å²) in [5, 5.41) is 7.16. The summed E-state index contributed by atoms with van der Waals surface area (Å²) in [6.07, 6.45) is 4.03. The monoisotopic (exact) mass is 404 g/mol. The van der Waals surface area contributed by atoms with Gasteiger partial charge in [0.2, 0.25) is 0 Å². The zero-order valence-electron chi connectivity index (χ0n) is 14.8. The highest BCUT2D eigenvalue weighted by Crippen LogP contribution is 2.33. The van der Waals surface area contributed by atoms with E-state index in [2.05, 4.69) is 10.4 Å². The summed E-state index contributed by atoms with van der Waals surface area (Å²) < 4.78 is 25.5. The summed E-state index contributed by atoms with van der Waals surface area (Å²) in [5.74, 6) is -0.314. The molecule has 0 radical (unpaired) electrons. The van der Waals surface area contributed by atoms with Crippen LogP contribution in [0.3, 0.4) is 0 Å². The Morgan fingerprint density at radius 2 is 2.19 bits per heavy atom. The van der Waals surface area contributed by atoms with Gasteiger partial charge in [-0.3, -0.25) is 4.79 Å². The number of rotatable bonds is 3. The Labute approximate surface area is 161 Å². The average molecular weight is 405 g/mol. The van der Waals surface area contributed by atoms with Gasteiger partial charge in [-0.1, -0.05) is 6.07 Å². The number of hydrogen-bond donors (Lipinski definition) is 2. The first-order valence-electron chi connectivity index (χ1n) is 8.64. The second-order valence-corrected chi connectivity index (χ2v) is 10.3. The Balaban J connectivity index is 1.60. The number of hydrogen-bond acceptors (Lipinski definition) is 6. The maximum absolute atomic E-state index is 12.7. The fourth-order valence-corrected chi connectivity index (χ4v) is 6.00. The number of carbonyl (C=O) groups excluding carboxylic acids is 1. The maximum Gasteiger partial charge on any atom is 0.261 e. The number of sulfone groups is 1. The molecule has 2 atom stereocenters. The van der Waals surface area contributed by atoms with E-state index >= 15 is 0 Å². The molecular formula is C18H20N4O3S2. The van der Waals surface area contributed by atoms with Crippen LogP contribution in [0.1, 0.15) is 21.0 Å². The van der Waals surface area contributed by atoms with E-state index in [9.17, 15) is 13.2 Å². The van der Waals surface area contributed by atoms with E-state index < -0.39 is 15.9 Å². The number of aromatic nitrogens is 2. The molecule has 0 aliphatic carbocycles. The lowest BCUT2D eigenvalue weighted by Crippen LogP contribution is -2.55. The summed E-state index contributed by atoms with van der Waals surface area (Å²) in [6.45, 7) is 1.96.